The fraction of sp³-hybridized carbons (Fsp3) is 0.333. The van der Waals surface area contributed by atoms with Gasteiger partial charge in [-0.1, -0.05) is 12.1 Å². The van der Waals surface area contributed by atoms with Crippen LogP contribution in [0.15, 0.2) is 18.2 Å². The molecule has 1 aliphatic heterocycles. The van der Waals surface area contributed by atoms with Crippen LogP contribution in [0.3, 0.4) is 0 Å². The predicted molar refractivity (Wildman–Crippen MR) is 68.3 cm³/mol. The van der Waals surface area contributed by atoms with E-state index in [0.717, 1.165) is 0 Å². The van der Waals surface area contributed by atoms with Gasteiger partial charge in [-0.15, -0.1) is 0 Å². The number of carboxylic acid groups (broad SMARTS) is 1. The van der Waals surface area contributed by atoms with Crippen molar-refractivity contribution in [3.8, 4) is 5.75 Å². The minimum absolute atomic E-state index is 0.0405. The molecule has 118 valence electrons. The SMILES string of the molecule is O=C(CC(F)(F)F)N[C@H]1Cc2cccc(C(=O)O)c2OB1O. The number of hydrogen-bond acceptors (Lipinski definition) is 4. The summed E-state index contributed by atoms with van der Waals surface area (Å²) in [6.45, 7) is 0. The molecule has 0 saturated carbocycles. The maximum Gasteiger partial charge on any atom is 0.547 e. The van der Waals surface area contributed by atoms with E-state index < -0.39 is 37.5 Å². The van der Waals surface area contributed by atoms with E-state index in [1.54, 1.807) is 0 Å². The number of halogens is 3. The number of rotatable bonds is 3. The van der Waals surface area contributed by atoms with Gasteiger partial charge in [-0.25, -0.2) is 4.79 Å². The Kier molecular flexibility index (Phi) is 4.31. The van der Waals surface area contributed by atoms with Crippen molar-refractivity contribution < 1.29 is 37.5 Å². The normalized spacial score (nSPS) is 17.5. The van der Waals surface area contributed by atoms with Crippen LogP contribution in [0.5, 0.6) is 5.75 Å². The number of para-hydroxylation sites is 1. The molecule has 22 heavy (non-hydrogen) atoms. The Morgan fingerprint density at radius 1 is 1.41 bits per heavy atom. The zero-order valence-electron chi connectivity index (χ0n) is 11.1. The number of carbonyl (C=O) groups is 2. The van der Waals surface area contributed by atoms with Crippen molar-refractivity contribution in [3.63, 3.8) is 0 Å². The zero-order valence-corrected chi connectivity index (χ0v) is 11.1. The molecular weight excluding hydrogens is 306 g/mol. The summed E-state index contributed by atoms with van der Waals surface area (Å²) in [7, 11) is -1.63. The molecule has 0 bridgehead atoms. The fourth-order valence-corrected chi connectivity index (χ4v) is 2.16. The Hall–Kier alpha value is -2.23. The molecule has 1 aromatic carbocycles. The van der Waals surface area contributed by atoms with Gasteiger partial charge in [0.2, 0.25) is 5.91 Å². The third kappa shape index (κ3) is 3.70. The van der Waals surface area contributed by atoms with Gasteiger partial charge < -0.3 is 20.1 Å². The summed E-state index contributed by atoms with van der Waals surface area (Å²) in [5, 5.41) is 20.8. The van der Waals surface area contributed by atoms with Crippen molar-refractivity contribution in [2.75, 3.05) is 0 Å². The minimum Gasteiger partial charge on any atom is -0.534 e. The number of aromatic carboxylic acids is 1. The Bertz CT molecular complexity index is 607. The van der Waals surface area contributed by atoms with Crippen molar-refractivity contribution in [1.29, 1.82) is 0 Å². The first-order valence-corrected chi connectivity index (χ1v) is 6.23. The van der Waals surface area contributed by atoms with Crippen molar-refractivity contribution in [2.45, 2.75) is 25.0 Å². The van der Waals surface area contributed by atoms with Crippen molar-refractivity contribution in [3.05, 3.63) is 29.3 Å². The van der Waals surface area contributed by atoms with E-state index in [1.807, 2.05) is 5.32 Å². The number of hydrogen-bond donors (Lipinski definition) is 3. The highest BCUT2D eigenvalue weighted by molar-refractivity contribution is 6.47. The van der Waals surface area contributed by atoms with Crippen LogP contribution in [0, 0.1) is 0 Å². The highest BCUT2D eigenvalue weighted by Crippen LogP contribution is 2.30. The summed E-state index contributed by atoms with van der Waals surface area (Å²) < 4.78 is 41.4. The average Bonchev–Trinajstić information content (AvgIpc) is 2.36. The summed E-state index contributed by atoms with van der Waals surface area (Å²) in [5.74, 6) is -3.70. The van der Waals surface area contributed by atoms with E-state index in [4.69, 9.17) is 9.76 Å². The summed E-state index contributed by atoms with van der Waals surface area (Å²) in [5.41, 5.74) is 0.208. The average molecular weight is 317 g/mol. The van der Waals surface area contributed by atoms with Crippen LogP contribution in [0.1, 0.15) is 22.3 Å². The van der Waals surface area contributed by atoms with Crippen LogP contribution in [0.25, 0.3) is 0 Å². The quantitative estimate of drug-likeness (QED) is 0.716. The summed E-state index contributed by atoms with van der Waals surface area (Å²) in [6.07, 6.45) is -6.36. The van der Waals surface area contributed by atoms with Crippen LogP contribution < -0.4 is 9.97 Å². The fourth-order valence-electron chi connectivity index (χ4n) is 2.16. The number of amides is 1. The second-order valence-electron chi connectivity index (χ2n) is 4.78. The first-order valence-electron chi connectivity index (χ1n) is 6.23. The van der Waals surface area contributed by atoms with Crippen LogP contribution in [0.4, 0.5) is 13.2 Å². The molecule has 2 rings (SSSR count). The Morgan fingerprint density at radius 3 is 2.68 bits per heavy atom. The van der Waals surface area contributed by atoms with Gasteiger partial charge in [0, 0.05) is 0 Å². The number of benzene rings is 1. The zero-order chi connectivity index (χ0) is 16.5. The highest BCUT2D eigenvalue weighted by atomic mass is 19.4. The van der Waals surface area contributed by atoms with Gasteiger partial charge in [0.05, 0.1) is 11.5 Å². The van der Waals surface area contributed by atoms with E-state index >= 15 is 0 Å². The summed E-state index contributed by atoms with van der Waals surface area (Å²) in [6, 6.07) is 4.23. The number of carbonyl (C=O) groups excluding carboxylic acids is 1. The molecule has 1 atom stereocenters. The van der Waals surface area contributed by atoms with E-state index in [2.05, 4.69) is 0 Å². The summed E-state index contributed by atoms with van der Waals surface area (Å²) >= 11 is 0. The van der Waals surface area contributed by atoms with Gasteiger partial charge >= 0.3 is 19.3 Å². The molecule has 6 nitrogen and oxygen atoms in total. The van der Waals surface area contributed by atoms with Crippen LogP contribution in [0.2, 0.25) is 0 Å². The van der Waals surface area contributed by atoms with Crippen molar-refractivity contribution in [1.82, 2.24) is 5.32 Å². The summed E-state index contributed by atoms with van der Waals surface area (Å²) in [4.78, 5) is 22.3. The van der Waals surface area contributed by atoms with E-state index in [9.17, 15) is 27.8 Å². The van der Waals surface area contributed by atoms with Gasteiger partial charge in [0.25, 0.3) is 0 Å². The van der Waals surface area contributed by atoms with Gasteiger partial charge in [-0.05, 0) is 18.1 Å². The maximum atomic E-state index is 12.1. The highest BCUT2D eigenvalue weighted by Gasteiger charge is 2.39. The van der Waals surface area contributed by atoms with Gasteiger partial charge in [0.15, 0.2) is 0 Å². The monoisotopic (exact) mass is 317 g/mol. The molecule has 10 heteroatoms. The molecule has 0 saturated heterocycles. The van der Waals surface area contributed by atoms with E-state index in [0.29, 0.717) is 5.56 Å². The Labute approximate surface area is 123 Å². The number of fused-ring (bicyclic) bond motifs is 1. The minimum atomic E-state index is -4.65. The molecule has 1 amide bonds. The van der Waals surface area contributed by atoms with Gasteiger partial charge in [0.1, 0.15) is 12.2 Å². The largest absolute Gasteiger partial charge is 0.547 e. The van der Waals surface area contributed by atoms with Gasteiger partial charge in [-0.3, -0.25) is 4.79 Å². The molecule has 1 heterocycles. The van der Waals surface area contributed by atoms with E-state index in [-0.39, 0.29) is 17.7 Å². The molecule has 0 aromatic heterocycles. The molecule has 1 aliphatic rings. The second kappa shape index (κ2) is 5.88. The molecule has 0 radical (unpaired) electrons. The predicted octanol–water partition coefficient (Wildman–Crippen LogP) is 0.777. The van der Waals surface area contributed by atoms with Crippen molar-refractivity contribution in [2.24, 2.45) is 0 Å². The standard InChI is InChI=1S/C12H11BF3NO5/c14-12(15,16)5-9(18)17-8-4-6-2-1-3-7(11(19)20)10(6)22-13(8)21/h1-3,8,21H,4-5H2,(H,17,18)(H,19,20)/t8-/m0/s1. The Morgan fingerprint density at radius 2 is 2.09 bits per heavy atom. The molecule has 0 fully saturated rings. The van der Waals surface area contributed by atoms with Crippen LogP contribution >= 0.6 is 0 Å². The maximum absolute atomic E-state index is 12.1. The van der Waals surface area contributed by atoms with Crippen LogP contribution in [-0.2, 0) is 11.2 Å². The third-order valence-corrected chi connectivity index (χ3v) is 3.06. The molecule has 0 unspecified atom stereocenters. The number of nitrogens with one attached hydrogen (secondary N) is 1. The number of alkyl halides is 3. The number of carboxylic acids is 1. The lowest BCUT2D eigenvalue weighted by molar-refractivity contribution is -0.154. The second-order valence-corrected chi connectivity index (χ2v) is 4.78. The molecule has 1 aromatic rings. The molecule has 0 aliphatic carbocycles. The lowest BCUT2D eigenvalue weighted by Gasteiger charge is -2.29. The van der Waals surface area contributed by atoms with Crippen molar-refractivity contribution >= 4 is 19.0 Å². The molecule has 3 N–H and O–H groups in total. The van der Waals surface area contributed by atoms with Crippen LogP contribution in [-0.4, -0.2) is 41.2 Å². The smallest absolute Gasteiger partial charge is 0.534 e. The van der Waals surface area contributed by atoms with E-state index in [1.165, 1.54) is 18.2 Å². The lowest BCUT2D eigenvalue weighted by Crippen LogP contribution is -2.53. The lowest BCUT2D eigenvalue weighted by atomic mass is 9.72. The molecule has 0 spiro atoms. The Balaban J connectivity index is 2.14. The topological polar surface area (TPSA) is 95.9 Å². The van der Waals surface area contributed by atoms with Gasteiger partial charge in [-0.2, -0.15) is 13.2 Å². The first-order chi connectivity index (χ1) is 10.2. The molecular formula is C12H11BF3NO5. The first kappa shape index (κ1) is 16.2. The third-order valence-electron chi connectivity index (χ3n) is 3.06.